The maximum atomic E-state index is 4.85. The van der Waals surface area contributed by atoms with Gasteiger partial charge in [0.15, 0.2) is 0 Å². The molecular weight excluding hydrogens is 155 g/mol. The van der Waals surface area contributed by atoms with E-state index in [0.29, 0.717) is 0 Å². The van der Waals surface area contributed by atoms with Crippen LogP contribution in [0.15, 0.2) is 0 Å². The van der Waals surface area contributed by atoms with Gasteiger partial charge in [0, 0.05) is 0 Å². The Morgan fingerprint density at radius 3 is 2.43 bits per heavy atom. The van der Waals surface area contributed by atoms with Gasteiger partial charge in [-0.05, 0) is 0 Å². The number of methoxy groups -OCH3 is 1. The van der Waals surface area contributed by atoms with Crippen molar-refractivity contribution in [2.75, 3.05) is 7.11 Å². The molecule has 0 rings (SSSR count). The molecule has 0 aliphatic rings. The molecule has 0 aliphatic heterocycles. The molecule has 0 aliphatic carbocycles. The van der Waals surface area contributed by atoms with Gasteiger partial charge in [-0.3, -0.25) is 0 Å². The van der Waals surface area contributed by atoms with E-state index in [1.54, 1.807) is 7.11 Å². The second-order valence-corrected chi connectivity index (χ2v) is 2.28. The van der Waals surface area contributed by atoms with Crippen molar-refractivity contribution in [2.24, 2.45) is 0 Å². The van der Waals surface area contributed by atoms with Crippen molar-refractivity contribution in [1.82, 2.24) is 0 Å². The number of hydrogen-bond donors (Lipinski definition) is 0. The van der Waals surface area contributed by atoms with Crippen molar-refractivity contribution in [3.63, 3.8) is 0 Å². The van der Waals surface area contributed by atoms with Crippen molar-refractivity contribution in [2.45, 2.75) is 19.8 Å². The van der Waals surface area contributed by atoms with Gasteiger partial charge in [0.2, 0.25) is 0 Å². The van der Waals surface area contributed by atoms with Crippen molar-refractivity contribution < 1.29 is 4.74 Å². The van der Waals surface area contributed by atoms with Crippen LogP contribution in [0.2, 0.25) is 0 Å². The van der Waals surface area contributed by atoms with Crippen molar-refractivity contribution in [3.05, 3.63) is 0 Å². The monoisotopic (exact) mass is 166 g/mol. The molecule has 0 N–H and O–H groups in total. The van der Waals surface area contributed by atoms with Crippen molar-refractivity contribution in [3.8, 4) is 0 Å². The summed E-state index contributed by atoms with van der Waals surface area (Å²) in [6.07, 6.45) is 2.19. The van der Waals surface area contributed by atoms with E-state index in [0.717, 1.165) is 17.4 Å². The van der Waals surface area contributed by atoms with Crippen LogP contribution in [0.25, 0.3) is 0 Å². The zero-order valence-electron chi connectivity index (χ0n) is 4.73. The molecule has 0 atom stereocenters. The second-order valence-electron chi connectivity index (χ2n) is 1.33. The summed E-state index contributed by atoms with van der Waals surface area (Å²) in [7, 11) is 1.68. The molecule has 0 saturated heterocycles. The minimum absolute atomic E-state index is 1.00. The van der Waals surface area contributed by atoms with Gasteiger partial charge in [0.1, 0.15) is 0 Å². The minimum atomic E-state index is 1.00. The molecule has 0 amide bonds. The Morgan fingerprint density at radius 2 is 2.29 bits per heavy atom. The molecule has 0 unspecified atom stereocenters. The molecule has 0 aromatic heterocycles. The number of ether oxygens (including phenoxy) is 1. The van der Waals surface area contributed by atoms with Crippen LogP contribution < -0.4 is 0 Å². The number of hydrogen-bond acceptors (Lipinski definition) is 1. The average molecular weight is 165 g/mol. The van der Waals surface area contributed by atoms with Crippen LogP contribution in [-0.4, -0.2) is 27.3 Å². The van der Waals surface area contributed by atoms with Gasteiger partial charge in [0.25, 0.3) is 0 Å². The average Bonchev–Trinajstić information content (AvgIpc) is 1.68. The van der Waals surface area contributed by atoms with Crippen LogP contribution in [-0.2, 0) is 4.74 Å². The molecular formula is C5H10OSe. The summed E-state index contributed by atoms with van der Waals surface area (Å²) in [6.45, 7) is 2.12. The Hall–Kier alpha value is 0.189. The summed E-state index contributed by atoms with van der Waals surface area (Å²) in [5, 5.41) is 0. The van der Waals surface area contributed by atoms with E-state index in [2.05, 4.69) is 22.5 Å². The SMILES string of the molecule is CCCC(=[Se])OC. The first-order valence-electron chi connectivity index (χ1n) is 2.38. The van der Waals surface area contributed by atoms with Crippen molar-refractivity contribution in [1.29, 1.82) is 0 Å². The number of rotatable bonds is 3. The summed E-state index contributed by atoms with van der Waals surface area (Å²) in [4.78, 5) is 0. The summed E-state index contributed by atoms with van der Waals surface area (Å²) < 4.78 is 5.85. The fourth-order valence-electron chi connectivity index (χ4n) is 0.306. The predicted molar refractivity (Wildman–Crippen MR) is 32.7 cm³/mol. The molecule has 0 spiro atoms. The van der Waals surface area contributed by atoms with Crippen LogP contribution >= 0.6 is 0 Å². The zero-order valence-corrected chi connectivity index (χ0v) is 6.44. The van der Waals surface area contributed by atoms with E-state index in [1.165, 1.54) is 0 Å². The van der Waals surface area contributed by atoms with Gasteiger partial charge in [-0.25, -0.2) is 0 Å². The Labute approximate surface area is 52.4 Å². The summed E-state index contributed by atoms with van der Waals surface area (Å²) in [5.74, 6) is 0. The molecule has 0 radical (unpaired) electrons. The van der Waals surface area contributed by atoms with E-state index < -0.39 is 0 Å². The molecule has 42 valence electrons. The molecule has 0 bridgehead atoms. The first kappa shape index (κ1) is 7.19. The van der Waals surface area contributed by atoms with Crippen LogP contribution in [0, 0.1) is 0 Å². The predicted octanol–water partition coefficient (Wildman–Crippen LogP) is 0.731. The molecule has 0 heterocycles. The van der Waals surface area contributed by atoms with Crippen molar-refractivity contribution >= 4 is 20.2 Å². The third kappa shape index (κ3) is 4.03. The molecule has 0 aromatic rings. The Balaban J connectivity index is 3.00. The van der Waals surface area contributed by atoms with Gasteiger partial charge in [0.05, 0.1) is 0 Å². The quantitative estimate of drug-likeness (QED) is 0.560. The molecule has 1 nitrogen and oxygen atoms in total. The summed E-state index contributed by atoms with van der Waals surface area (Å²) in [5.41, 5.74) is 0. The molecule has 7 heavy (non-hydrogen) atoms. The van der Waals surface area contributed by atoms with Crippen LogP contribution in [0.4, 0.5) is 0 Å². The first-order valence-corrected chi connectivity index (χ1v) is 3.23. The van der Waals surface area contributed by atoms with Gasteiger partial charge < -0.3 is 0 Å². The third-order valence-electron chi connectivity index (χ3n) is 0.682. The Morgan fingerprint density at radius 1 is 1.71 bits per heavy atom. The van der Waals surface area contributed by atoms with Gasteiger partial charge in [-0.15, -0.1) is 0 Å². The topological polar surface area (TPSA) is 9.23 Å². The molecule has 0 fully saturated rings. The van der Waals surface area contributed by atoms with Crippen LogP contribution in [0.3, 0.4) is 0 Å². The Bertz CT molecular complexity index is 61.1. The second kappa shape index (κ2) is 4.35. The fourth-order valence-corrected chi connectivity index (χ4v) is 0.734. The Kier molecular flexibility index (Phi) is 4.47. The van der Waals surface area contributed by atoms with Crippen LogP contribution in [0.5, 0.6) is 0 Å². The normalized spacial score (nSPS) is 8.29. The van der Waals surface area contributed by atoms with E-state index in [9.17, 15) is 0 Å². The van der Waals surface area contributed by atoms with Gasteiger partial charge >= 0.3 is 51.8 Å². The van der Waals surface area contributed by atoms with Gasteiger partial charge in [-0.2, -0.15) is 0 Å². The molecule has 0 saturated carbocycles. The van der Waals surface area contributed by atoms with E-state index >= 15 is 0 Å². The maximum absolute atomic E-state index is 4.85. The molecule has 2 heteroatoms. The van der Waals surface area contributed by atoms with Gasteiger partial charge in [-0.1, -0.05) is 0 Å². The standard InChI is InChI=1S/C5H10OSe/c1-3-4-5(7)6-2/h3-4H2,1-2H3. The van der Waals surface area contributed by atoms with Crippen LogP contribution in [0.1, 0.15) is 19.8 Å². The van der Waals surface area contributed by atoms with E-state index in [-0.39, 0.29) is 0 Å². The van der Waals surface area contributed by atoms with E-state index in [4.69, 9.17) is 4.74 Å². The van der Waals surface area contributed by atoms with E-state index in [1.807, 2.05) is 0 Å². The molecule has 0 aromatic carbocycles. The summed E-state index contributed by atoms with van der Waals surface area (Å²) >= 11 is 2.82. The first-order chi connectivity index (χ1) is 3.31. The fraction of sp³-hybridized carbons (Fsp3) is 0.800. The summed E-state index contributed by atoms with van der Waals surface area (Å²) in [6, 6.07) is 0. The zero-order chi connectivity index (χ0) is 5.70. The third-order valence-corrected chi connectivity index (χ3v) is 1.46.